The Morgan fingerprint density at radius 2 is 1.96 bits per heavy atom. The van der Waals surface area contributed by atoms with Gasteiger partial charge in [-0.2, -0.15) is 9.29 Å². The summed E-state index contributed by atoms with van der Waals surface area (Å²) in [6.07, 6.45) is 6.85. The molecule has 0 saturated carbocycles. The summed E-state index contributed by atoms with van der Waals surface area (Å²) in [5.41, 5.74) is 0.808. The van der Waals surface area contributed by atoms with E-state index in [1.165, 1.54) is 10.5 Å². The monoisotopic (exact) mass is 357 g/mol. The predicted molar refractivity (Wildman–Crippen MR) is 87.9 cm³/mol. The SMILES string of the molecule is O=S(=O)(c1cccnc1)N1CC[C@H](c2nc(-c3ccncc3)no2)C1. The predicted octanol–water partition coefficient (Wildman–Crippen LogP) is 1.70. The van der Waals surface area contributed by atoms with E-state index in [-0.39, 0.29) is 10.8 Å². The summed E-state index contributed by atoms with van der Waals surface area (Å²) in [5, 5.41) is 3.98. The van der Waals surface area contributed by atoms with E-state index in [1.54, 1.807) is 42.9 Å². The smallest absolute Gasteiger partial charge is 0.244 e. The van der Waals surface area contributed by atoms with Gasteiger partial charge in [-0.1, -0.05) is 5.16 Å². The van der Waals surface area contributed by atoms with E-state index in [0.717, 1.165) is 5.56 Å². The molecule has 4 heterocycles. The number of sulfonamides is 1. The van der Waals surface area contributed by atoms with Gasteiger partial charge in [-0.15, -0.1) is 0 Å². The molecule has 0 N–H and O–H groups in total. The van der Waals surface area contributed by atoms with Crippen molar-refractivity contribution >= 4 is 10.0 Å². The molecule has 0 bridgehead atoms. The van der Waals surface area contributed by atoms with Gasteiger partial charge in [0, 0.05) is 43.4 Å². The van der Waals surface area contributed by atoms with Crippen molar-refractivity contribution in [3.63, 3.8) is 0 Å². The molecule has 0 aromatic carbocycles. The third kappa shape index (κ3) is 3.03. The standard InChI is InChI=1S/C16H15N5O3S/c22-25(23,14-2-1-6-18-10-14)21-9-5-13(11-21)16-19-15(20-24-16)12-3-7-17-8-4-12/h1-4,6-8,10,13H,5,9,11H2/t13-/m0/s1. The Balaban J connectivity index is 1.53. The Hall–Kier alpha value is -2.65. The van der Waals surface area contributed by atoms with Crippen LogP contribution in [0.5, 0.6) is 0 Å². The molecule has 3 aromatic heterocycles. The van der Waals surface area contributed by atoms with Gasteiger partial charge in [-0.05, 0) is 30.7 Å². The minimum absolute atomic E-state index is 0.116. The van der Waals surface area contributed by atoms with Crippen LogP contribution in [0.3, 0.4) is 0 Å². The molecule has 1 atom stereocenters. The molecule has 1 saturated heterocycles. The van der Waals surface area contributed by atoms with Crippen LogP contribution in [-0.4, -0.2) is 45.9 Å². The van der Waals surface area contributed by atoms with E-state index >= 15 is 0 Å². The van der Waals surface area contributed by atoms with Crippen LogP contribution in [0.1, 0.15) is 18.2 Å². The molecule has 9 heteroatoms. The first-order valence-electron chi connectivity index (χ1n) is 7.79. The second-order valence-electron chi connectivity index (χ2n) is 5.73. The van der Waals surface area contributed by atoms with Crippen molar-refractivity contribution in [3.8, 4) is 11.4 Å². The first-order valence-corrected chi connectivity index (χ1v) is 9.23. The number of pyridine rings is 2. The van der Waals surface area contributed by atoms with Crippen LogP contribution < -0.4 is 0 Å². The zero-order valence-electron chi connectivity index (χ0n) is 13.2. The summed E-state index contributed by atoms with van der Waals surface area (Å²) < 4.78 is 32.1. The first kappa shape index (κ1) is 15.9. The largest absolute Gasteiger partial charge is 0.339 e. The molecule has 8 nitrogen and oxygen atoms in total. The normalized spacial score (nSPS) is 18.5. The Morgan fingerprint density at radius 1 is 1.12 bits per heavy atom. The van der Waals surface area contributed by atoms with Crippen molar-refractivity contribution in [1.82, 2.24) is 24.4 Å². The maximum atomic E-state index is 12.7. The first-order chi connectivity index (χ1) is 12.1. The van der Waals surface area contributed by atoms with Crippen LogP contribution in [0, 0.1) is 0 Å². The van der Waals surface area contributed by atoms with Gasteiger partial charge in [0.05, 0.1) is 5.92 Å². The average Bonchev–Trinajstić information content (AvgIpc) is 3.33. The lowest BCUT2D eigenvalue weighted by Gasteiger charge is -2.15. The van der Waals surface area contributed by atoms with Gasteiger partial charge < -0.3 is 4.52 Å². The summed E-state index contributed by atoms with van der Waals surface area (Å²) in [6, 6.07) is 6.74. The van der Waals surface area contributed by atoms with Crippen molar-refractivity contribution in [2.75, 3.05) is 13.1 Å². The van der Waals surface area contributed by atoms with E-state index in [1.807, 2.05) is 0 Å². The summed E-state index contributed by atoms with van der Waals surface area (Å²) in [5.74, 6) is 0.816. The quantitative estimate of drug-likeness (QED) is 0.700. The van der Waals surface area contributed by atoms with Gasteiger partial charge in [0.25, 0.3) is 0 Å². The number of rotatable bonds is 4. The number of hydrogen-bond acceptors (Lipinski definition) is 7. The van der Waals surface area contributed by atoms with Crippen molar-refractivity contribution in [2.45, 2.75) is 17.2 Å². The lowest BCUT2D eigenvalue weighted by atomic mass is 10.1. The fraction of sp³-hybridized carbons (Fsp3) is 0.250. The molecule has 0 aliphatic carbocycles. The van der Waals surface area contributed by atoms with Crippen molar-refractivity contribution < 1.29 is 12.9 Å². The second kappa shape index (κ2) is 6.34. The third-order valence-electron chi connectivity index (χ3n) is 4.15. The molecular weight excluding hydrogens is 342 g/mol. The number of nitrogens with zero attached hydrogens (tertiary/aromatic N) is 5. The van der Waals surface area contributed by atoms with Gasteiger partial charge in [0.2, 0.25) is 21.7 Å². The van der Waals surface area contributed by atoms with Gasteiger partial charge in [0.1, 0.15) is 4.90 Å². The maximum Gasteiger partial charge on any atom is 0.244 e. The summed E-state index contributed by atoms with van der Waals surface area (Å²) in [6.45, 7) is 0.726. The van der Waals surface area contributed by atoms with Crippen LogP contribution >= 0.6 is 0 Å². The fourth-order valence-corrected chi connectivity index (χ4v) is 4.28. The van der Waals surface area contributed by atoms with Crippen LogP contribution in [0.15, 0.2) is 58.5 Å². The summed E-state index contributed by atoms with van der Waals surface area (Å²) >= 11 is 0. The van der Waals surface area contributed by atoms with Gasteiger partial charge in [0.15, 0.2) is 0 Å². The minimum Gasteiger partial charge on any atom is -0.339 e. The second-order valence-corrected chi connectivity index (χ2v) is 7.67. The van der Waals surface area contributed by atoms with Crippen LogP contribution in [-0.2, 0) is 10.0 Å². The Labute approximate surface area is 144 Å². The molecular formula is C16H15N5O3S. The van der Waals surface area contributed by atoms with E-state index in [4.69, 9.17) is 4.52 Å². The Morgan fingerprint density at radius 3 is 2.72 bits per heavy atom. The van der Waals surface area contributed by atoms with Crippen molar-refractivity contribution in [1.29, 1.82) is 0 Å². The number of hydrogen-bond donors (Lipinski definition) is 0. The van der Waals surface area contributed by atoms with Gasteiger partial charge >= 0.3 is 0 Å². The molecule has 128 valence electrons. The average molecular weight is 357 g/mol. The molecule has 4 rings (SSSR count). The maximum absolute atomic E-state index is 12.7. The summed E-state index contributed by atoms with van der Waals surface area (Å²) in [4.78, 5) is 12.4. The van der Waals surface area contributed by atoms with E-state index in [9.17, 15) is 8.42 Å². The van der Waals surface area contributed by atoms with Crippen LogP contribution in [0.2, 0.25) is 0 Å². The molecule has 1 fully saturated rings. The lowest BCUT2D eigenvalue weighted by Crippen LogP contribution is -2.28. The highest BCUT2D eigenvalue weighted by atomic mass is 32.2. The topological polar surface area (TPSA) is 102 Å². The van der Waals surface area contributed by atoms with Crippen LogP contribution in [0.4, 0.5) is 0 Å². The highest BCUT2D eigenvalue weighted by molar-refractivity contribution is 7.89. The minimum atomic E-state index is -3.55. The van der Waals surface area contributed by atoms with Crippen molar-refractivity contribution in [2.24, 2.45) is 0 Å². The summed E-state index contributed by atoms with van der Waals surface area (Å²) in [7, 11) is -3.55. The third-order valence-corrected chi connectivity index (χ3v) is 6.00. The van der Waals surface area contributed by atoms with Crippen LogP contribution in [0.25, 0.3) is 11.4 Å². The zero-order chi connectivity index (χ0) is 17.3. The van der Waals surface area contributed by atoms with Gasteiger partial charge in [-0.25, -0.2) is 8.42 Å². The Bertz CT molecular complexity index is 960. The number of aromatic nitrogens is 4. The zero-order valence-corrected chi connectivity index (χ0v) is 14.0. The molecule has 0 radical (unpaired) electrons. The fourth-order valence-electron chi connectivity index (χ4n) is 2.82. The molecule has 0 spiro atoms. The molecule has 0 unspecified atom stereocenters. The highest BCUT2D eigenvalue weighted by Gasteiger charge is 2.36. The molecule has 1 aliphatic heterocycles. The van der Waals surface area contributed by atoms with E-state index in [0.29, 0.717) is 31.2 Å². The molecule has 1 aliphatic rings. The highest BCUT2D eigenvalue weighted by Crippen LogP contribution is 2.31. The van der Waals surface area contributed by atoms with E-state index in [2.05, 4.69) is 20.1 Å². The molecule has 3 aromatic rings. The Kier molecular flexibility index (Phi) is 4.02. The van der Waals surface area contributed by atoms with E-state index < -0.39 is 10.0 Å². The molecule has 25 heavy (non-hydrogen) atoms. The lowest BCUT2D eigenvalue weighted by molar-refractivity contribution is 0.354. The molecule has 0 amide bonds. The van der Waals surface area contributed by atoms with Gasteiger partial charge in [-0.3, -0.25) is 9.97 Å². The van der Waals surface area contributed by atoms with Crippen molar-refractivity contribution in [3.05, 3.63) is 54.9 Å².